The molecule has 3 aromatic rings. The van der Waals surface area contributed by atoms with E-state index in [1.54, 1.807) is 11.3 Å². The summed E-state index contributed by atoms with van der Waals surface area (Å²) >= 11 is 7.36. The summed E-state index contributed by atoms with van der Waals surface area (Å²) in [6.45, 7) is 0.703. The highest BCUT2D eigenvalue weighted by Gasteiger charge is 2.05. The third-order valence-corrected chi connectivity index (χ3v) is 3.73. The minimum Gasteiger partial charge on any atom is -0.258 e. The van der Waals surface area contributed by atoms with Gasteiger partial charge in [-0.2, -0.15) is 5.10 Å². The second kappa shape index (κ2) is 4.47. The molecule has 0 bridgehead atoms. The Balaban J connectivity index is 1.94. The number of fused-ring (bicyclic) bond motifs is 1. The van der Waals surface area contributed by atoms with E-state index in [4.69, 9.17) is 11.6 Å². The van der Waals surface area contributed by atoms with E-state index in [0.29, 0.717) is 12.4 Å². The number of halogens is 1. The second-order valence-electron chi connectivity index (χ2n) is 3.73. The van der Waals surface area contributed by atoms with Gasteiger partial charge in [0.15, 0.2) is 0 Å². The molecule has 0 aliphatic rings. The number of thiazole rings is 1. The van der Waals surface area contributed by atoms with Crippen LogP contribution in [0.15, 0.2) is 35.8 Å². The Morgan fingerprint density at radius 3 is 3.00 bits per heavy atom. The van der Waals surface area contributed by atoms with Crippen molar-refractivity contribution in [2.75, 3.05) is 0 Å². The van der Waals surface area contributed by atoms with Gasteiger partial charge in [-0.25, -0.2) is 4.98 Å². The Morgan fingerprint density at radius 2 is 2.18 bits per heavy atom. The van der Waals surface area contributed by atoms with Gasteiger partial charge in [-0.1, -0.05) is 18.2 Å². The quantitative estimate of drug-likeness (QED) is 0.679. The van der Waals surface area contributed by atoms with Crippen molar-refractivity contribution >= 4 is 33.8 Å². The maximum atomic E-state index is 5.74. The largest absolute Gasteiger partial charge is 0.258 e. The number of aromatic nitrogens is 3. The molecule has 0 radical (unpaired) electrons. The summed E-state index contributed by atoms with van der Waals surface area (Å²) in [5, 5.41) is 8.56. The van der Waals surface area contributed by atoms with Gasteiger partial charge in [-0.05, 0) is 6.07 Å². The summed E-state index contributed by atoms with van der Waals surface area (Å²) < 4.78 is 1.96. The molecule has 17 heavy (non-hydrogen) atoms. The van der Waals surface area contributed by atoms with Crippen LogP contribution in [0.4, 0.5) is 0 Å². The Hall–Kier alpha value is -1.39. The number of alkyl halides is 1. The number of nitrogens with zero attached hydrogens (tertiary/aromatic N) is 3. The molecule has 0 amide bonds. The van der Waals surface area contributed by atoms with E-state index < -0.39 is 0 Å². The predicted molar refractivity (Wildman–Crippen MR) is 70.5 cm³/mol. The highest BCUT2D eigenvalue weighted by Crippen LogP contribution is 2.17. The maximum Gasteiger partial charge on any atom is 0.114 e. The molecule has 0 unspecified atom stereocenters. The molecule has 5 heteroatoms. The zero-order chi connectivity index (χ0) is 11.7. The van der Waals surface area contributed by atoms with E-state index in [-0.39, 0.29) is 0 Å². The van der Waals surface area contributed by atoms with Crippen LogP contribution in [-0.4, -0.2) is 14.8 Å². The van der Waals surface area contributed by atoms with E-state index in [0.717, 1.165) is 21.6 Å². The van der Waals surface area contributed by atoms with E-state index >= 15 is 0 Å². The fourth-order valence-corrected chi connectivity index (χ4v) is 2.77. The fourth-order valence-electron chi connectivity index (χ4n) is 1.76. The molecule has 0 saturated carbocycles. The smallest absolute Gasteiger partial charge is 0.114 e. The monoisotopic (exact) mass is 263 g/mol. The number of para-hydroxylation sites is 1. The number of rotatable bonds is 3. The lowest BCUT2D eigenvalue weighted by Gasteiger charge is -1.99. The first-order chi connectivity index (χ1) is 8.36. The molecule has 2 heterocycles. The lowest BCUT2D eigenvalue weighted by molar-refractivity contribution is 0.706. The molecular formula is C12H10ClN3S. The van der Waals surface area contributed by atoms with E-state index in [1.165, 1.54) is 0 Å². The maximum absolute atomic E-state index is 5.74. The van der Waals surface area contributed by atoms with Crippen LogP contribution < -0.4 is 0 Å². The Labute approximate surface area is 108 Å². The first kappa shape index (κ1) is 10.7. The normalized spacial score (nSPS) is 11.1. The third kappa shape index (κ3) is 2.06. The van der Waals surface area contributed by atoms with Gasteiger partial charge in [0.25, 0.3) is 0 Å². The standard InChI is InChI=1S/C12H10ClN3S/c13-5-10-8-17-12(15-10)7-16-11-4-2-1-3-9(11)6-14-16/h1-4,6,8H,5,7H2. The molecule has 0 aliphatic carbocycles. The van der Waals surface area contributed by atoms with E-state index in [9.17, 15) is 0 Å². The molecular weight excluding hydrogens is 254 g/mol. The van der Waals surface area contributed by atoms with Crippen LogP contribution in [0.3, 0.4) is 0 Å². The minimum atomic E-state index is 0.469. The zero-order valence-corrected chi connectivity index (χ0v) is 10.6. The van der Waals surface area contributed by atoms with Crippen molar-refractivity contribution in [1.29, 1.82) is 0 Å². The summed E-state index contributed by atoms with van der Waals surface area (Å²) in [5.41, 5.74) is 2.07. The van der Waals surface area contributed by atoms with Crippen LogP contribution in [0, 0.1) is 0 Å². The van der Waals surface area contributed by atoms with Crippen molar-refractivity contribution in [3.05, 3.63) is 46.5 Å². The van der Waals surface area contributed by atoms with Gasteiger partial charge in [-0.15, -0.1) is 22.9 Å². The van der Waals surface area contributed by atoms with Gasteiger partial charge >= 0.3 is 0 Å². The summed E-state index contributed by atoms with van der Waals surface area (Å²) in [7, 11) is 0. The van der Waals surface area contributed by atoms with Crippen molar-refractivity contribution in [3.63, 3.8) is 0 Å². The molecule has 0 spiro atoms. The topological polar surface area (TPSA) is 30.7 Å². The highest BCUT2D eigenvalue weighted by molar-refractivity contribution is 7.09. The molecule has 3 nitrogen and oxygen atoms in total. The van der Waals surface area contributed by atoms with Gasteiger partial charge < -0.3 is 0 Å². The van der Waals surface area contributed by atoms with Gasteiger partial charge in [0.1, 0.15) is 5.01 Å². The van der Waals surface area contributed by atoms with Gasteiger partial charge in [0.2, 0.25) is 0 Å². The second-order valence-corrected chi connectivity index (χ2v) is 4.94. The molecule has 1 aromatic carbocycles. The zero-order valence-electron chi connectivity index (χ0n) is 9.01. The van der Waals surface area contributed by atoms with Crippen LogP contribution in [0.25, 0.3) is 10.9 Å². The Morgan fingerprint density at radius 1 is 1.29 bits per heavy atom. The number of benzene rings is 1. The van der Waals surface area contributed by atoms with Crippen LogP contribution in [0.5, 0.6) is 0 Å². The fraction of sp³-hybridized carbons (Fsp3) is 0.167. The summed E-state index contributed by atoms with van der Waals surface area (Å²) in [6.07, 6.45) is 1.88. The molecule has 86 valence electrons. The summed E-state index contributed by atoms with van der Waals surface area (Å²) in [5.74, 6) is 0.469. The average Bonchev–Trinajstić information content (AvgIpc) is 2.97. The van der Waals surface area contributed by atoms with Crippen LogP contribution in [-0.2, 0) is 12.4 Å². The van der Waals surface area contributed by atoms with Crippen molar-refractivity contribution in [2.45, 2.75) is 12.4 Å². The first-order valence-electron chi connectivity index (χ1n) is 5.26. The van der Waals surface area contributed by atoms with Crippen molar-refractivity contribution < 1.29 is 0 Å². The molecule has 2 aromatic heterocycles. The SMILES string of the molecule is ClCc1csc(Cn2ncc3ccccc32)n1. The first-order valence-corrected chi connectivity index (χ1v) is 6.68. The molecule has 0 fully saturated rings. The van der Waals surface area contributed by atoms with E-state index in [1.807, 2.05) is 28.4 Å². The molecule has 0 aliphatic heterocycles. The van der Waals surface area contributed by atoms with Crippen LogP contribution in [0.2, 0.25) is 0 Å². The third-order valence-electron chi connectivity index (χ3n) is 2.57. The van der Waals surface area contributed by atoms with Crippen molar-refractivity contribution in [3.8, 4) is 0 Å². The number of hydrogen-bond acceptors (Lipinski definition) is 3. The number of hydrogen-bond donors (Lipinski definition) is 0. The summed E-state index contributed by atoms with van der Waals surface area (Å²) in [4.78, 5) is 4.44. The van der Waals surface area contributed by atoms with Crippen LogP contribution >= 0.6 is 22.9 Å². The van der Waals surface area contributed by atoms with Gasteiger partial charge in [0, 0.05) is 10.8 Å². The summed E-state index contributed by atoms with van der Waals surface area (Å²) in [6, 6.07) is 8.17. The highest BCUT2D eigenvalue weighted by atomic mass is 35.5. The lowest BCUT2D eigenvalue weighted by Crippen LogP contribution is -2.00. The van der Waals surface area contributed by atoms with Crippen molar-refractivity contribution in [1.82, 2.24) is 14.8 Å². The molecule has 3 rings (SSSR count). The van der Waals surface area contributed by atoms with E-state index in [2.05, 4.69) is 22.2 Å². The van der Waals surface area contributed by atoms with Crippen LogP contribution in [0.1, 0.15) is 10.7 Å². The lowest BCUT2D eigenvalue weighted by atomic mass is 10.3. The Bertz CT molecular complexity index is 644. The molecule has 0 atom stereocenters. The van der Waals surface area contributed by atoms with Crippen molar-refractivity contribution in [2.24, 2.45) is 0 Å². The predicted octanol–water partition coefficient (Wildman–Crippen LogP) is 3.28. The molecule has 0 saturated heterocycles. The average molecular weight is 264 g/mol. The van der Waals surface area contributed by atoms with Gasteiger partial charge in [-0.3, -0.25) is 4.68 Å². The Kier molecular flexibility index (Phi) is 2.82. The minimum absolute atomic E-state index is 0.469. The van der Waals surface area contributed by atoms with Gasteiger partial charge in [0.05, 0.1) is 29.8 Å². The molecule has 0 N–H and O–H groups in total.